The summed E-state index contributed by atoms with van der Waals surface area (Å²) in [5.74, 6) is 0.430. The van der Waals surface area contributed by atoms with Gasteiger partial charge in [-0.15, -0.1) is 11.6 Å². The highest BCUT2D eigenvalue weighted by atomic mass is 35.5. The molecule has 0 fully saturated rings. The first-order valence-corrected chi connectivity index (χ1v) is 6.55. The number of carbonyl (C=O) groups excluding carboxylic acids is 1. The molecule has 1 amide bonds. The largest absolute Gasteiger partial charge is 0.508 e. The number of aromatic hydroxyl groups is 1. The molecule has 0 aliphatic carbocycles. The molecule has 3 nitrogen and oxygen atoms in total. The van der Waals surface area contributed by atoms with Crippen molar-refractivity contribution in [3.8, 4) is 5.75 Å². The van der Waals surface area contributed by atoms with Crippen LogP contribution in [0.4, 0.5) is 0 Å². The second kappa shape index (κ2) is 6.64. The van der Waals surface area contributed by atoms with Crippen LogP contribution in [-0.2, 0) is 0 Å². The predicted molar refractivity (Wildman–Crippen MR) is 74.3 cm³/mol. The standard InChI is InChI=1S/C14H20ClNO2/c1-9(2)6-12(15)8-16-14(18)11-5-4-10(3)13(17)7-11/h4-5,7,9,12,17H,6,8H2,1-3H3,(H,16,18). The van der Waals surface area contributed by atoms with Gasteiger partial charge in [-0.25, -0.2) is 0 Å². The van der Waals surface area contributed by atoms with Crippen LogP contribution < -0.4 is 5.32 Å². The van der Waals surface area contributed by atoms with Gasteiger partial charge in [0, 0.05) is 12.1 Å². The Kier molecular flexibility index (Phi) is 5.48. The van der Waals surface area contributed by atoms with Crippen LogP contribution in [0.1, 0.15) is 36.2 Å². The Morgan fingerprint density at radius 1 is 1.44 bits per heavy atom. The van der Waals surface area contributed by atoms with Gasteiger partial charge in [0.25, 0.3) is 5.91 Å². The molecule has 100 valence electrons. The van der Waals surface area contributed by atoms with E-state index in [9.17, 15) is 9.90 Å². The summed E-state index contributed by atoms with van der Waals surface area (Å²) in [6.45, 7) is 6.41. The highest BCUT2D eigenvalue weighted by molar-refractivity contribution is 6.20. The first kappa shape index (κ1) is 14.8. The zero-order chi connectivity index (χ0) is 13.7. The van der Waals surface area contributed by atoms with Gasteiger partial charge in [-0.1, -0.05) is 19.9 Å². The van der Waals surface area contributed by atoms with Crippen LogP contribution in [0.15, 0.2) is 18.2 Å². The van der Waals surface area contributed by atoms with Gasteiger partial charge in [0.15, 0.2) is 0 Å². The van der Waals surface area contributed by atoms with E-state index in [4.69, 9.17) is 11.6 Å². The molecule has 0 aromatic heterocycles. The molecule has 1 rings (SSSR count). The lowest BCUT2D eigenvalue weighted by atomic mass is 10.1. The molecule has 18 heavy (non-hydrogen) atoms. The van der Waals surface area contributed by atoms with E-state index in [0.717, 1.165) is 12.0 Å². The van der Waals surface area contributed by atoms with Crippen LogP contribution in [0, 0.1) is 12.8 Å². The second-order valence-electron chi connectivity index (χ2n) is 4.94. The van der Waals surface area contributed by atoms with Crippen LogP contribution in [0.25, 0.3) is 0 Å². The van der Waals surface area contributed by atoms with E-state index in [2.05, 4.69) is 19.2 Å². The summed E-state index contributed by atoms with van der Waals surface area (Å²) in [5, 5.41) is 12.2. The van der Waals surface area contributed by atoms with E-state index in [1.807, 2.05) is 0 Å². The molecule has 1 atom stereocenters. The van der Waals surface area contributed by atoms with Crippen LogP contribution in [0.3, 0.4) is 0 Å². The number of alkyl halides is 1. The van der Waals surface area contributed by atoms with Gasteiger partial charge in [0.05, 0.1) is 5.38 Å². The van der Waals surface area contributed by atoms with E-state index < -0.39 is 0 Å². The second-order valence-corrected chi connectivity index (χ2v) is 5.56. The van der Waals surface area contributed by atoms with E-state index in [1.54, 1.807) is 19.1 Å². The number of rotatable bonds is 5. The van der Waals surface area contributed by atoms with Crippen LogP contribution in [0.2, 0.25) is 0 Å². The average molecular weight is 270 g/mol. The number of benzene rings is 1. The van der Waals surface area contributed by atoms with Gasteiger partial charge >= 0.3 is 0 Å². The lowest BCUT2D eigenvalue weighted by Gasteiger charge is -2.13. The molecule has 2 N–H and O–H groups in total. The minimum absolute atomic E-state index is 0.0620. The van der Waals surface area contributed by atoms with Crippen LogP contribution in [0.5, 0.6) is 5.75 Å². The summed E-state index contributed by atoms with van der Waals surface area (Å²) in [6.07, 6.45) is 0.862. The minimum atomic E-state index is -0.209. The van der Waals surface area contributed by atoms with E-state index >= 15 is 0 Å². The molecule has 1 unspecified atom stereocenters. The Hall–Kier alpha value is -1.22. The minimum Gasteiger partial charge on any atom is -0.508 e. The third-order valence-electron chi connectivity index (χ3n) is 2.68. The van der Waals surface area contributed by atoms with Gasteiger partial charge in [-0.3, -0.25) is 4.79 Å². The zero-order valence-electron chi connectivity index (χ0n) is 11.0. The summed E-state index contributed by atoms with van der Waals surface area (Å²) in [7, 11) is 0. The molecule has 1 aromatic carbocycles. The van der Waals surface area contributed by atoms with Gasteiger partial charge in [-0.2, -0.15) is 0 Å². The molecule has 1 aromatic rings. The third kappa shape index (κ3) is 4.57. The molecule has 0 heterocycles. The maximum absolute atomic E-state index is 11.8. The molecule has 0 bridgehead atoms. The van der Waals surface area contributed by atoms with E-state index in [1.165, 1.54) is 6.07 Å². The lowest BCUT2D eigenvalue weighted by molar-refractivity contribution is 0.0952. The summed E-state index contributed by atoms with van der Waals surface area (Å²) >= 11 is 6.10. The number of aryl methyl sites for hydroxylation is 1. The van der Waals surface area contributed by atoms with Crippen molar-refractivity contribution >= 4 is 17.5 Å². The Morgan fingerprint density at radius 2 is 2.11 bits per heavy atom. The first-order chi connectivity index (χ1) is 8.40. The van der Waals surface area contributed by atoms with Crippen molar-refractivity contribution in [1.82, 2.24) is 5.32 Å². The number of hydrogen-bond donors (Lipinski definition) is 2. The van der Waals surface area contributed by atoms with Gasteiger partial charge < -0.3 is 10.4 Å². The SMILES string of the molecule is Cc1ccc(C(=O)NCC(Cl)CC(C)C)cc1O. The van der Waals surface area contributed by atoms with Crippen molar-refractivity contribution in [2.75, 3.05) is 6.54 Å². The van der Waals surface area contributed by atoms with Crippen molar-refractivity contribution in [1.29, 1.82) is 0 Å². The van der Waals surface area contributed by atoms with Crippen molar-refractivity contribution in [3.63, 3.8) is 0 Å². The molecule has 0 aliphatic heterocycles. The molecular formula is C14H20ClNO2. The summed E-state index contributed by atoms with van der Waals surface area (Å²) in [6, 6.07) is 4.88. The molecule has 0 radical (unpaired) electrons. The van der Waals surface area contributed by atoms with Crippen molar-refractivity contribution in [3.05, 3.63) is 29.3 Å². The Balaban J connectivity index is 2.52. The smallest absolute Gasteiger partial charge is 0.251 e. The van der Waals surface area contributed by atoms with Gasteiger partial charge in [-0.05, 0) is 37.0 Å². The summed E-state index contributed by atoms with van der Waals surface area (Å²) in [4.78, 5) is 11.8. The fourth-order valence-corrected chi connectivity index (χ4v) is 2.08. The molecule has 0 saturated heterocycles. The maximum atomic E-state index is 11.8. The molecule has 0 spiro atoms. The zero-order valence-corrected chi connectivity index (χ0v) is 11.8. The fourth-order valence-electron chi connectivity index (χ4n) is 1.65. The molecule has 0 aliphatic rings. The number of halogens is 1. The molecular weight excluding hydrogens is 250 g/mol. The number of phenols is 1. The van der Waals surface area contributed by atoms with Gasteiger partial charge in [0.1, 0.15) is 5.75 Å². The van der Waals surface area contributed by atoms with Crippen molar-refractivity contribution in [2.45, 2.75) is 32.6 Å². The normalized spacial score (nSPS) is 12.5. The lowest BCUT2D eigenvalue weighted by Crippen LogP contribution is -2.30. The Morgan fingerprint density at radius 3 is 2.67 bits per heavy atom. The maximum Gasteiger partial charge on any atom is 0.251 e. The third-order valence-corrected chi connectivity index (χ3v) is 3.02. The summed E-state index contributed by atoms with van der Waals surface area (Å²) in [5.41, 5.74) is 1.20. The van der Waals surface area contributed by atoms with E-state index in [0.29, 0.717) is 18.0 Å². The number of amides is 1. The Bertz CT molecular complexity index is 418. The number of nitrogens with one attached hydrogen (secondary N) is 1. The van der Waals surface area contributed by atoms with E-state index in [-0.39, 0.29) is 17.0 Å². The quantitative estimate of drug-likeness (QED) is 0.807. The monoisotopic (exact) mass is 269 g/mol. The molecule has 0 saturated carbocycles. The number of hydrogen-bond acceptors (Lipinski definition) is 2. The topological polar surface area (TPSA) is 49.3 Å². The molecule has 4 heteroatoms. The van der Waals surface area contributed by atoms with Crippen LogP contribution in [-0.4, -0.2) is 22.9 Å². The number of carbonyl (C=O) groups is 1. The van der Waals surface area contributed by atoms with Crippen molar-refractivity contribution < 1.29 is 9.90 Å². The highest BCUT2D eigenvalue weighted by Gasteiger charge is 2.11. The van der Waals surface area contributed by atoms with Gasteiger partial charge in [0.2, 0.25) is 0 Å². The number of phenolic OH excluding ortho intramolecular Hbond substituents is 1. The predicted octanol–water partition coefficient (Wildman–Crippen LogP) is 3.08. The fraction of sp³-hybridized carbons (Fsp3) is 0.500. The average Bonchev–Trinajstić information content (AvgIpc) is 2.28. The highest BCUT2D eigenvalue weighted by Crippen LogP contribution is 2.17. The van der Waals surface area contributed by atoms with Crippen molar-refractivity contribution in [2.24, 2.45) is 5.92 Å². The first-order valence-electron chi connectivity index (χ1n) is 6.12. The Labute approximate surface area is 113 Å². The summed E-state index contributed by atoms with van der Waals surface area (Å²) < 4.78 is 0. The van der Waals surface area contributed by atoms with Crippen LogP contribution >= 0.6 is 11.6 Å².